The SMILES string of the molecule is CC(C)NC(=O)[C@@H](C)N(Cc1cccc(Br)c1)C(=O)CCCN(c1ccc2c(c1)OCO2)S(C)(=O)=O. The lowest BCUT2D eigenvalue weighted by atomic mass is 10.1. The van der Waals surface area contributed by atoms with Crippen LogP contribution in [-0.4, -0.2) is 56.8 Å². The van der Waals surface area contributed by atoms with Crippen LogP contribution in [0.5, 0.6) is 11.5 Å². The molecule has 0 saturated heterocycles. The van der Waals surface area contributed by atoms with Crippen molar-refractivity contribution in [2.24, 2.45) is 0 Å². The van der Waals surface area contributed by atoms with Crippen molar-refractivity contribution in [2.45, 2.75) is 52.2 Å². The average molecular weight is 583 g/mol. The van der Waals surface area contributed by atoms with Crippen LogP contribution in [0.25, 0.3) is 0 Å². The van der Waals surface area contributed by atoms with Crippen molar-refractivity contribution in [1.82, 2.24) is 10.2 Å². The molecule has 0 bridgehead atoms. The van der Waals surface area contributed by atoms with Crippen LogP contribution in [0.2, 0.25) is 0 Å². The van der Waals surface area contributed by atoms with Gasteiger partial charge in [-0.3, -0.25) is 13.9 Å². The first-order valence-electron chi connectivity index (χ1n) is 11.7. The van der Waals surface area contributed by atoms with E-state index in [1.54, 1.807) is 25.1 Å². The molecule has 0 fully saturated rings. The minimum absolute atomic E-state index is 0.0622. The number of nitrogens with zero attached hydrogens (tertiary/aromatic N) is 2. The minimum atomic E-state index is -3.61. The summed E-state index contributed by atoms with van der Waals surface area (Å²) in [5.74, 6) is 0.550. The van der Waals surface area contributed by atoms with Gasteiger partial charge in [0, 0.05) is 36.1 Å². The van der Waals surface area contributed by atoms with Gasteiger partial charge in [0.05, 0.1) is 11.9 Å². The molecule has 1 aliphatic heterocycles. The van der Waals surface area contributed by atoms with E-state index in [-0.39, 0.29) is 50.6 Å². The fourth-order valence-electron chi connectivity index (χ4n) is 3.86. The Labute approximate surface area is 220 Å². The standard InChI is InChI=1S/C25H32BrN3O6S/c1-17(2)27-25(31)18(3)28(15-19-7-5-8-20(26)13-19)24(30)9-6-12-29(36(4,32)33)21-10-11-22-23(14-21)35-16-34-22/h5,7-8,10-11,13-14,17-18H,6,9,12,15-16H2,1-4H3,(H,27,31)/t18-/m1/s1. The minimum Gasteiger partial charge on any atom is -0.454 e. The van der Waals surface area contributed by atoms with E-state index in [2.05, 4.69) is 21.2 Å². The Morgan fingerprint density at radius 3 is 2.47 bits per heavy atom. The lowest BCUT2D eigenvalue weighted by Gasteiger charge is -2.30. The average Bonchev–Trinajstić information content (AvgIpc) is 3.26. The molecule has 0 aromatic heterocycles. The van der Waals surface area contributed by atoms with E-state index in [0.717, 1.165) is 16.3 Å². The fraction of sp³-hybridized carbons (Fsp3) is 0.440. The van der Waals surface area contributed by atoms with Crippen LogP contribution in [0.3, 0.4) is 0 Å². The molecule has 2 aromatic rings. The summed E-state index contributed by atoms with van der Waals surface area (Å²) in [6.45, 7) is 5.86. The van der Waals surface area contributed by atoms with Crippen LogP contribution >= 0.6 is 15.9 Å². The molecule has 1 N–H and O–H groups in total. The van der Waals surface area contributed by atoms with Crippen molar-refractivity contribution in [1.29, 1.82) is 0 Å². The van der Waals surface area contributed by atoms with Gasteiger partial charge in [0.25, 0.3) is 0 Å². The number of carbonyl (C=O) groups is 2. The van der Waals surface area contributed by atoms with Gasteiger partial charge >= 0.3 is 0 Å². The smallest absolute Gasteiger partial charge is 0.242 e. The number of hydrogen-bond donors (Lipinski definition) is 1. The molecular formula is C25H32BrN3O6S. The number of benzene rings is 2. The summed E-state index contributed by atoms with van der Waals surface area (Å²) in [6, 6.07) is 11.7. The van der Waals surface area contributed by atoms with E-state index < -0.39 is 16.1 Å². The van der Waals surface area contributed by atoms with Gasteiger partial charge in [0.1, 0.15) is 6.04 Å². The van der Waals surface area contributed by atoms with Crippen LogP contribution in [0, 0.1) is 0 Å². The zero-order chi connectivity index (χ0) is 26.5. The highest BCUT2D eigenvalue weighted by Crippen LogP contribution is 2.36. The van der Waals surface area contributed by atoms with Gasteiger partial charge in [-0.15, -0.1) is 0 Å². The topological polar surface area (TPSA) is 105 Å². The van der Waals surface area contributed by atoms with Gasteiger partial charge in [0.15, 0.2) is 11.5 Å². The molecule has 2 aromatic carbocycles. The Morgan fingerprint density at radius 1 is 1.08 bits per heavy atom. The number of nitrogens with one attached hydrogen (secondary N) is 1. The largest absolute Gasteiger partial charge is 0.454 e. The van der Waals surface area contributed by atoms with Crippen molar-refractivity contribution in [2.75, 3.05) is 23.9 Å². The van der Waals surface area contributed by atoms with Gasteiger partial charge in [-0.2, -0.15) is 0 Å². The third-order valence-electron chi connectivity index (χ3n) is 5.64. The first-order valence-corrected chi connectivity index (χ1v) is 14.3. The van der Waals surface area contributed by atoms with Crippen molar-refractivity contribution in [3.05, 3.63) is 52.5 Å². The van der Waals surface area contributed by atoms with E-state index in [9.17, 15) is 18.0 Å². The van der Waals surface area contributed by atoms with E-state index in [4.69, 9.17) is 9.47 Å². The normalized spacial score (nSPS) is 13.4. The quantitative estimate of drug-likeness (QED) is 0.434. The molecule has 1 aliphatic rings. The number of carbonyl (C=O) groups excluding carboxylic acids is 2. The number of anilines is 1. The Morgan fingerprint density at radius 2 is 1.81 bits per heavy atom. The molecule has 36 heavy (non-hydrogen) atoms. The molecule has 0 aliphatic carbocycles. The maximum absolute atomic E-state index is 13.3. The first kappa shape index (κ1) is 27.8. The van der Waals surface area contributed by atoms with Gasteiger partial charge in [-0.05, 0) is 57.0 Å². The molecule has 3 rings (SSSR count). The van der Waals surface area contributed by atoms with Crippen molar-refractivity contribution in [3.63, 3.8) is 0 Å². The molecule has 0 radical (unpaired) electrons. The fourth-order valence-corrected chi connectivity index (χ4v) is 5.27. The van der Waals surface area contributed by atoms with Gasteiger partial charge in [0.2, 0.25) is 28.6 Å². The first-order chi connectivity index (χ1) is 17.0. The summed E-state index contributed by atoms with van der Waals surface area (Å²) >= 11 is 3.44. The highest BCUT2D eigenvalue weighted by Gasteiger charge is 2.27. The summed E-state index contributed by atoms with van der Waals surface area (Å²) in [4.78, 5) is 27.6. The Balaban J connectivity index is 1.73. The monoisotopic (exact) mass is 581 g/mol. The number of sulfonamides is 1. The molecular weight excluding hydrogens is 550 g/mol. The molecule has 1 atom stereocenters. The van der Waals surface area contributed by atoms with Crippen LogP contribution < -0.4 is 19.1 Å². The molecule has 11 heteroatoms. The number of rotatable bonds is 11. The predicted octanol–water partition coefficient (Wildman–Crippen LogP) is 3.67. The highest BCUT2D eigenvalue weighted by atomic mass is 79.9. The Hall–Kier alpha value is -2.79. The van der Waals surface area contributed by atoms with Crippen LogP contribution in [0.15, 0.2) is 46.9 Å². The maximum atomic E-state index is 13.3. The predicted molar refractivity (Wildman–Crippen MR) is 141 cm³/mol. The number of amides is 2. The van der Waals surface area contributed by atoms with Gasteiger partial charge in [-0.1, -0.05) is 28.1 Å². The third kappa shape index (κ3) is 7.36. The Bertz CT molecular complexity index is 1200. The lowest BCUT2D eigenvalue weighted by Crippen LogP contribution is -2.49. The lowest BCUT2D eigenvalue weighted by molar-refractivity contribution is -0.140. The number of fused-ring (bicyclic) bond motifs is 1. The molecule has 196 valence electrons. The summed E-state index contributed by atoms with van der Waals surface area (Å²) in [6.07, 6.45) is 1.47. The molecule has 0 saturated carbocycles. The van der Waals surface area contributed by atoms with E-state index in [0.29, 0.717) is 17.2 Å². The molecule has 2 amide bonds. The molecule has 1 heterocycles. The van der Waals surface area contributed by atoms with E-state index in [1.807, 2.05) is 38.1 Å². The van der Waals surface area contributed by atoms with E-state index in [1.165, 1.54) is 9.21 Å². The molecule has 0 unspecified atom stereocenters. The van der Waals surface area contributed by atoms with E-state index >= 15 is 0 Å². The number of ether oxygens (including phenoxy) is 2. The third-order valence-corrected chi connectivity index (χ3v) is 7.32. The van der Waals surface area contributed by atoms with Crippen molar-refractivity contribution >= 4 is 43.5 Å². The summed E-state index contributed by atoms with van der Waals surface area (Å²) in [7, 11) is -3.61. The number of hydrogen-bond acceptors (Lipinski definition) is 6. The summed E-state index contributed by atoms with van der Waals surface area (Å²) < 4.78 is 37.8. The highest BCUT2D eigenvalue weighted by molar-refractivity contribution is 9.10. The van der Waals surface area contributed by atoms with Crippen LogP contribution in [0.1, 0.15) is 39.2 Å². The van der Waals surface area contributed by atoms with Crippen LogP contribution in [-0.2, 0) is 26.2 Å². The zero-order valence-corrected chi connectivity index (χ0v) is 23.3. The van der Waals surface area contributed by atoms with Crippen LogP contribution in [0.4, 0.5) is 5.69 Å². The summed E-state index contributed by atoms with van der Waals surface area (Å²) in [5, 5.41) is 2.86. The zero-order valence-electron chi connectivity index (χ0n) is 20.9. The molecule has 9 nitrogen and oxygen atoms in total. The van der Waals surface area contributed by atoms with Crippen molar-refractivity contribution < 1.29 is 27.5 Å². The van der Waals surface area contributed by atoms with Gasteiger partial charge in [-0.25, -0.2) is 8.42 Å². The second-order valence-corrected chi connectivity index (χ2v) is 11.8. The maximum Gasteiger partial charge on any atom is 0.242 e. The second-order valence-electron chi connectivity index (χ2n) is 8.97. The van der Waals surface area contributed by atoms with Crippen molar-refractivity contribution in [3.8, 4) is 11.5 Å². The number of halogens is 1. The Kier molecular flexibility index (Phi) is 9.24. The second kappa shape index (κ2) is 12.0. The summed E-state index contributed by atoms with van der Waals surface area (Å²) in [5.41, 5.74) is 1.31. The molecule has 0 spiro atoms. The van der Waals surface area contributed by atoms with Gasteiger partial charge < -0.3 is 19.7 Å².